The molecule has 1 aromatic carbocycles. The Morgan fingerprint density at radius 3 is 2.82 bits per heavy atom. The van der Waals surface area contributed by atoms with Gasteiger partial charge < -0.3 is 5.73 Å². The number of halogens is 2. The molecule has 0 aliphatic rings. The maximum Gasteiger partial charge on any atom is 0.165 e. The zero-order valence-electron chi connectivity index (χ0n) is 9.88. The Bertz CT molecular complexity index is 395. The third-order valence-corrected chi connectivity index (χ3v) is 3.39. The molecule has 0 amide bonds. The van der Waals surface area contributed by atoms with E-state index in [1.165, 1.54) is 6.07 Å². The van der Waals surface area contributed by atoms with Gasteiger partial charge in [-0.15, -0.1) is 0 Å². The van der Waals surface area contributed by atoms with Gasteiger partial charge >= 0.3 is 0 Å². The zero-order chi connectivity index (χ0) is 12.8. The third kappa shape index (κ3) is 4.21. The number of rotatable bonds is 6. The summed E-state index contributed by atoms with van der Waals surface area (Å²) in [6.45, 7) is 2.68. The Kier molecular flexibility index (Phi) is 5.78. The predicted molar refractivity (Wildman–Crippen MR) is 70.5 cm³/mol. The number of nitrogens with two attached hydrogens (primary N) is 1. The Balaban J connectivity index is 2.61. The molecule has 17 heavy (non-hydrogen) atoms. The molecule has 0 fully saturated rings. The number of ketones is 1. The first-order valence-corrected chi connectivity index (χ1v) is 6.52. The van der Waals surface area contributed by atoms with Gasteiger partial charge in [-0.2, -0.15) is 0 Å². The molecular weight excluding hydrogens is 285 g/mol. The summed E-state index contributed by atoms with van der Waals surface area (Å²) in [4.78, 5) is 11.8. The molecular formula is C13H17BrFNO. The molecule has 0 radical (unpaired) electrons. The average molecular weight is 302 g/mol. The van der Waals surface area contributed by atoms with Crippen LogP contribution in [0, 0.1) is 11.7 Å². The molecule has 0 saturated carbocycles. The fraction of sp³-hybridized carbons (Fsp3) is 0.462. The van der Waals surface area contributed by atoms with Gasteiger partial charge in [0, 0.05) is 6.42 Å². The van der Waals surface area contributed by atoms with E-state index in [-0.39, 0.29) is 11.3 Å². The number of carbonyl (C=O) groups is 1. The molecule has 1 aromatic rings. The maximum atomic E-state index is 13.6. The van der Waals surface area contributed by atoms with E-state index in [9.17, 15) is 9.18 Å². The molecule has 1 rings (SSSR count). The van der Waals surface area contributed by atoms with E-state index in [1.807, 2.05) is 0 Å². The van der Waals surface area contributed by atoms with Gasteiger partial charge in [0.25, 0.3) is 0 Å². The summed E-state index contributed by atoms with van der Waals surface area (Å²) in [5, 5.41) is 0. The quantitative estimate of drug-likeness (QED) is 0.817. The van der Waals surface area contributed by atoms with E-state index in [0.717, 1.165) is 12.8 Å². The van der Waals surface area contributed by atoms with Crippen LogP contribution in [0.3, 0.4) is 0 Å². The van der Waals surface area contributed by atoms with Crippen molar-refractivity contribution in [2.75, 3.05) is 6.54 Å². The van der Waals surface area contributed by atoms with E-state index >= 15 is 0 Å². The molecule has 2 nitrogen and oxygen atoms in total. The fourth-order valence-electron chi connectivity index (χ4n) is 1.66. The lowest BCUT2D eigenvalue weighted by molar-refractivity contribution is 0.0970. The number of Topliss-reactive ketones (excluding diaryl/α,β-unsaturated/α-hetero) is 1. The van der Waals surface area contributed by atoms with Crippen molar-refractivity contribution in [3.63, 3.8) is 0 Å². The van der Waals surface area contributed by atoms with Crippen molar-refractivity contribution in [2.24, 2.45) is 11.7 Å². The van der Waals surface area contributed by atoms with Gasteiger partial charge in [-0.1, -0.05) is 13.0 Å². The molecule has 0 aromatic heterocycles. The molecule has 0 aliphatic carbocycles. The van der Waals surface area contributed by atoms with Crippen molar-refractivity contribution in [3.8, 4) is 0 Å². The van der Waals surface area contributed by atoms with Crippen molar-refractivity contribution in [2.45, 2.75) is 26.2 Å². The first-order valence-electron chi connectivity index (χ1n) is 5.73. The van der Waals surface area contributed by atoms with Crippen LogP contribution in [0.1, 0.15) is 36.5 Å². The minimum atomic E-state index is -0.469. The van der Waals surface area contributed by atoms with Crippen LogP contribution >= 0.6 is 15.9 Å². The normalized spacial score (nSPS) is 12.5. The van der Waals surface area contributed by atoms with E-state index in [0.29, 0.717) is 23.4 Å². The van der Waals surface area contributed by atoms with Gasteiger partial charge in [-0.3, -0.25) is 4.79 Å². The van der Waals surface area contributed by atoms with Crippen molar-refractivity contribution >= 4 is 21.7 Å². The zero-order valence-corrected chi connectivity index (χ0v) is 11.5. The topological polar surface area (TPSA) is 43.1 Å². The third-order valence-electron chi connectivity index (χ3n) is 2.78. The molecule has 1 unspecified atom stereocenters. The van der Waals surface area contributed by atoms with Gasteiger partial charge in [0.1, 0.15) is 5.82 Å². The predicted octanol–water partition coefficient (Wildman–Crippen LogP) is 3.54. The monoisotopic (exact) mass is 301 g/mol. The Morgan fingerprint density at radius 2 is 2.18 bits per heavy atom. The molecule has 0 heterocycles. The molecule has 94 valence electrons. The summed E-state index contributed by atoms with van der Waals surface area (Å²) in [6.07, 6.45) is 2.02. The van der Waals surface area contributed by atoms with Crippen LogP contribution in [0.25, 0.3) is 0 Å². The summed E-state index contributed by atoms with van der Waals surface area (Å²) in [6, 6.07) is 4.78. The molecule has 0 bridgehead atoms. The van der Waals surface area contributed by atoms with Crippen LogP contribution in [0.15, 0.2) is 22.7 Å². The number of hydrogen-bond acceptors (Lipinski definition) is 2. The lowest BCUT2D eigenvalue weighted by atomic mass is 9.97. The minimum Gasteiger partial charge on any atom is -0.330 e. The highest BCUT2D eigenvalue weighted by molar-refractivity contribution is 9.10. The van der Waals surface area contributed by atoms with Crippen LogP contribution in [-0.4, -0.2) is 12.3 Å². The van der Waals surface area contributed by atoms with E-state index in [2.05, 4.69) is 22.9 Å². The van der Waals surface area contributed by atoms with Crippen molar-refractivity contribution in [1.29, 1.82) is 0 Å². The fourth-order valence-corrected chi connectivity index (χ4v) is 2.03. The lowest BCUT2D eigenvalue weighted by Crippen LogP contribution is -2.09. The Morgan fingerprint density at radius 1 is 1.47 bits per heavy atom. The SMILES string of the molecule is CC(CCN)CCC(=O)c1cccc(Br)c1F. The Hall–Kier alpha value is -0.740. The standard InChI is InChI=1S/C13H17BrFNO/c1-9(7-8-16)5-6-12(17)10-3-2-4-11(14)13(10)15/h2-4,9H,5-8,16H2,1H3. The second-order valence-electron chi connectivity index (χ2n) is 4.25. The smallest absolute Gasteiger partial charge is 0.165 e. The summed E-state index contributed by atoms with van der Waals surface area (Å²) in [5.74, 6) is -0.212. The summed E-state index contributed by atoms with van der Waals surface area (Å²) >= 11 is 3.08. The second kappa shape index (κ2) is 6.87. The molecule has 0 saturated heterocycles. The largest absolute Gasteiger partial charge is 0.330 e. The lowest BCUT2D eigenvalue weighted by Gasteiger charge is -2.09. The highest BCUT2D eigenvalue weighted by atomic mass is 79.9. The first kappa shape index (κ1) is 14.3. The average Bonchev–Trinajstić information content (AvgIpc) is 2.30. The van der Waals surface area contributed by atoms with Crippen LogP contribution < -0.4 is 5.73 Å². The molecule has 1 atom stereocenters. The van der Waals surface area contributed by atoms with Gasteiger partial charge in [0.05, 0.1) is 10.0 Å². The van der Waals surface area contributed by atoms with Gasteiger partial charge in [0.15, 0.2) is 5.78 Å². The Labute approximate surface area is 110 Å². The minimum absolute atomic E-state index is 0.146. The van der Waals surface area contributed by atoms with Crippen LogP contribution in [-0.2, 0) is 0 Å². The van der Waals surface area contributed by atoms with Crippen molar-refractivity contribution in [3.05, 3.63) is 34.1 Å². The van der Waals surface area contributed by atoms with Crippen LogP contribution in [0.4, 0.5) is 4.39 Å². The molecule has 2 N–H and O–H groups in total. The summed E-state index contributed by atoms with van der Waals surface area (Å²) in [7, 11) is 0. The van der Waals surface area contributed by atoms with Crippen molar-refractivity contribution in [1.82, 2.24) is 0 Å². The summed E-state index contributed by atoms with van der Waals surface area (Å²) < 4.78 is 14.0. The highest BCUT2D eigenvalue weighted by Gasteiger charge is 2.14. The first-order chi connectivity index (χ1) is 8.06. The molecule has 0 aliphatic heterocycles. The van der Waals surface area contributed by atoms with Crippen molar-refractivity contribution < 1.29 is 9.18 Å². The molecule has 4 heteroatoms. The summed E-state index contributed by atoms with van der Waals surface area (Å²) in [5.41, 5.74) is 5.61. The van der Waals surface area contributed by atoms with Crippen LogP contribution in [0.5, 0.6) is 0 Å². The van der Waals surface area contributed by atoms with E-state index in [1.54, 1.807) is 12.1 Å². The van der Waals surface area contributed by atoms with Crippen LogP contribution in [0.2, 0.25) is 0 Å². The van der Waals surface area contributed by atoms with Gasteiger partial charge in [0.2, 0.25) is 0 Å². The van der Waals surface area contributed by atoms with Gasteiger partial charge in [-0.05, 0) is 53.4 Å². The van der Waals surface area contributed by atoms with Gasteiger partial charge in [-0.25, -0.2) is 4.39 Å². The maximum absolute atomic E-state index is 13.6. The number of benzene rings is 1. The number of hydrogen-bond donors (Lipinski definition) is 1. The van der Waals surface area contributed by atoms with E-state index < -0.39 is 5.82 Å². The second-order valence-corrected chi connectivity index (χ2v) is 5.10. The number of carbonyl (C=O) groups excluding carboxylic acids is 1. The molecule has 0 spiro atoms. The van der Waals surface area contributed by atoms with E-state index in [4.69, 9.17) is 5.73 Å². The highest BCUT2D eigenvalue weighted by Crippen LogP contribution is 2.21.